The summed E-state index contributed by atoms with van der Waals surface area (Å²) in [6.45, 7) is 6.28. The first-order valence-electron chi connectivity index (χ1n) is 8.99. The van der Waals surface area contributed by atoms with Gasteiger partial charge in [-0.3, -0.25) is 4.79 Å². The van der Waals surface area contributed by atoms with Crippen molar-refractivity contribution in [3.63, 3.8) is 0 Å². The van der Waals surface area contributed by atoms with Gasteiger partial charge < -0.3 is 10.2 Å². The van der Waals surface area contributed by atoms with Crippen molar-refractivity contribution >= 4 is 27.7 Å². The van der Waals surface area contributed by atoms with Gasteiger partial charge in [0, 0.05) is 37.3 Å². The average Bonchev–Trinajstić information content (AvgIpc) is 3.08. The van der Waals surface area contributed by atoms with Crippen molar-refractivity contribution in [2.24, 2.45) is 0 Å². The lowest BCUT2D eigenvalue weighted by molar-refractivity contribution is 0.0702. The van der Waals surface area contributed by atoms with Gasteiger partial charge in [0.1, 0.15) is 4.83 Å². The molecule has 1 fully saturated rings. The number of pyridine rings is 1. The second-order valence-electron chi connectivity index (χ2n) is 6.70. The molecule has 6 heteroatoms. The zero-order valence-electron chi connectivity index (χ0n) is 15.0. The van der Waals surface area contributed by atoms with Crippen molar-refractivity contribution in [1.82, 2.24) is 19.6 Å². The Bertz CT molecular complexity index is 935. The third kappa shape index (κ3) is 3.22. The van der Waals surface area contributed by atoms with E-state index in [1.807, 2.05) is 17.9 Å². The zero-order chi connectivity index (χ0) is 18.1. The first-order valence-corrected chi connectivity index (χ1v) is 9.76. The Kier molecular flexibility index (Phi) is 4.70. The van der Waals surface area contributed by atoms with E-state index in [4.69, 9.17) is 0 Å². The van der Waals surface area contributed by atoms with E-state index in [1.165, 1.54) is 22.7 Å². The first-order chi connectivity index (χ1) is 12.7. The second-order valence-corrected chi connectivity index (χ2v) is 7.45. The van der Waals surface area contributed by atoms with Gasteiger partial charge in [-0.2, -0.15) is 4.37 Å². The molecular weight excluding hydrogens is 344 g/mol. The number of benzene rings is 1. The molecular formula is C20H22N4OS. The molecule has 3 aromatic rings. The van der Waals surface area contributed by atoms with Crippen molar-refractivity contribution in [1.29, 1.82) is 0 Å². The van der Waals surface area contributed by atoms with Gasteiger partial charge in [0.05, 0.1) is 11.3 Å². The summed E-state index contributed by atoms with van der Waals surface area (Å²) in [7, 11) is 0. The summed E-state index contributed by atoms with van der Waals surface area (Å²) < 4.78 is 4.32. The highest BCUT2D eigenvalue weighted by molar-refractivity contribution is 7.12. The Labute approximate surface area is 157 Å². The number of fused-ring (bicyclic) bond motifs is 1. The molecule has 5 nitrogen and oxygen atoms in total. The van der Waals surface area contributed by atoms with Gasteiger partial charge in [-0.05, 0) is 42.1 Å². The molecule has 134 valence electrons. The molecule has 1 N–H and O–H groups in total. The summed E-state index contributed by atoms with van der Waals surface area (Å²) in [6.07, 6.45) is 2.71. The van der Waals surface area contributed by atoms with Crippen LogP contribution >= 0.6 is 11.5 Å². The Morgan fingerprint density at radius 1 is 1.35 bits per heavy atom. The maximum Gasteiger partial charge on any atom is 0.255 e. The summed E-state index contributed by atoms with van der Waals surface area (Å²) in [5, 5.41) is 4.50. The van der Waals surface area contributed by atoms with Crippen LogP contribution in [-0.2, 0) is 6.42 Å². The van der Waals surface area contributed by atoms with Crippen LogP contribution < -0.4 is 5.32 Å². The number of carbonyl (C=O) groups is 1. The van der Waals surface area contributed by atoms with Gasteiger partial charge in [0.15, 0.2) is 0 Å². The number of nitrogens with zero attached hydrogens (tertiary/aromatic N) is 3. The zero-order valence-corrected chi connectivity index (χ0v) is 15.8. The summed E-state index contributed by atoms with van der Waals surface area (Å²) in [5.74, 6) is 0.0432. The summed E-state index contributed by atoms with van der Waals surface area (Å²) >= 11 is 1.37. The largest absolute Gasteiger partial charge is 0.335 e. The highest BCUT2D eigenvalue weighted by atomic mass is 32.1. The lowest BCUT2D eigenvalue weighted by atomic mass is 10.0. The number of aryl methyl sites for hydroxylation is 2. The molecule has 0 aliphatic carbocycles. The van der Waals surface area contributed by atoms with E-state index in [2.05, 4.69) is 45.9 Å². The Morgan fingerprint density at radius 3 is 2.92 bits per heavy atom. The van der Waals surface area contributed by atoms with E-state index in [9.17, 15) is 4.79 Å². The predicted molar refractivity (Wildman–Crippen MR) is 105 cm³/mol. The third-order valence-electron chi connectivity index (χ3n) is 5.01. The summed E-state index contributed by atoms with van der Waals surface area (Å²) in [5.41, 5.74) is 4.13. The minimum Gasteiger partial charge on any atom is -0.335 e. The topological polar surface area (TPSA) is 58.1 Å². The fourth-order valence-corrected chi connectivity index (χ4v) is 4.11. The van der Waals surface area contributed by atoms with E-state index in [1.54, 1.807) is 6.20 Å². The molecule has 1 aliphatic heterocycles. The Balaban J connectivity index is 1.54. The molecule has 1 amide bonds. The van der Waals surface area contributed by atoms with E-state index in [0.29, 0.717) is 18.7 Å². The van der Waals surface area contributed by atoms with Gasteiger partial charge in [0.2, 0.25) is 0 Å². The molecule has 0 saturated carbocycles. The number of rotatable bonds is 3. The third-order valence-corrected chi connectivity index (χ3v) is 5.87. The van der Waals surface area contributed by atoms with Gasteiger partial charge >= 0.3 is 0 Å². The summed E-state index contributed by atoms with van der Waals surface area (Å²) in [6, 6.07) is 10.8. The number of amides is 1. The molecule has 1 saturated heterocycles. The van der Waals surface area contributed by atoms with Crippen LogP contribution in [0.4, 0.5) is 0 Å². The van der Waals surface area contributed by atoms with E-state index in [0.717, 1.165) is 28.9 Å². The van der Waals surface area contributed by atoms with Gasteiger partial charge in [-0.1, -0.05) is 31.2 Å². The van der Waals surface area contributed by atoms with Crippen LogP contribution in [0.25, 0.3) is 10.2 Å². The van der Waals surface area contributed by atoms with Crippen LogP contribution in [-0.4, -0.2) is 39.8 Å². The second kappa shape index (κ2) is 7.13. The predicted octanol–water partition coefficient (Wildman–Crippen LogP) is 3.35. The summed E-state index contributed by atoms with van der Waals surface area (Å²) in [4.78, 5) is 20.2. The van der Waals surface area contributed by atoms with Crippen LogP contribution in [0.15, 0.2) is 36.5 Å². The molecule has 1 atom stereocenters. The SMILES string of the molecule is CCc1ccc(C2CN(C(=O)c3cnc4snc(C)c4c3)CCN2)cc1. The molecule has 0 spiro atoms. The van der Waals surface area contributed by atoms with Crippen molar-refractivity contribution in [2.75, 3.05) is 19.6 Å². The lowest BCUT2D eigenvalue weighted by Crippen LogP contribution is -2.48. The smallest absolute Gasteiger partial charge is 0.255 e. The monoisotopic (exact) mass is 366 g/mol. The molecule has 26 heavy (non-hydrogen) atoms. The number of nitrogens with one attached hydrogen (secondary N) is 1. The van der Waals surface area contributed by atoms with Crippen molar-refractivity contribution in [3.8, 4) is 0 Å². The van der Waals surface area contributed by atoms with Crippen molar-refractivity contribution in [2.45, 2.75) is 26.3 Å². The number of carbonyl (C=O) groups excluding carboxylic acids is 1. The molecule has 3 heterocycles. The van der Waals surface area contributed by atoms with Crippen LogP contribution in [0, 0.1) is 6.92 Å². The van der Waals surface area contributed by atoms with Crippen molar-refractivity contribution < 1.29 is 4.79 Å². The van der Waals surface area contributed by atoms with Crippen LogP contribution in [0.1, 0.15) is 40.1 Å². The van der Waals surface area contributed by atoms with Crippen LogP contribution in [0.3, 0.4) is 0 Å². The maximum atomic E-state index is 13.0. The molecule has 1 aromatic carbocycles. The number of hydrogen-bond donors (Lipinski definition) is 1. The van der Waals surface area contributed by atoms with Crippen LogP contribution in [0.5, 0.6) is 0 Å². The molecule has 0 radical (unpaired) electrons. The minimum atomic E-state index is 0.0432. The Morgan fingerprint density at radius 2 is 2.15 bits per heavy atom. The number of aromatic nitrogens is 2. The fourth-order valence-electron chi connectivity index (χ4n) is 3.39. The standard InChI is InChI=1S/C20H22N4OS/c1-3-14-4-6-15(7-5-14)18-12-24(9-8-21-18)20(25)16-10-17-13(2)23-26-19(17)22-11-16/h4-7,10-11,18,21H,3,8-9,12H2,1-2H3. The molecule has 2 aromatic heterocycles. The maximum absolute atomic E-state index is 13.0. The van der Waals surface area contributed by atoms with Gasteiger partial charge in [-0.15, -0.1) is 0 Å². The van der Waals surface area contributed by atoms with E-state index in [-0.39, 0.29) is 11.9 Å². The normalized spacial score (nSPS) is 17.6. The van der Waals surface area contributed by atoms with Crippen LogP contribution in [0.2, 0.25) is 0 Å². The lowest BCUT2D eigenvalue weighted by Gasteiger charge is -2.34. The molecule has 1 aliphatic rings. The van der Waals surface area contributed by atoms with Gasteiger partial charge in [0.25, 0.3) is 5.91 Å². The molecule has 1 unspecified atom stereocenters. The van der Waals surface area contributed by atoms with E-state index < -0.39 is 0 Å². The first kappa shape index (κ1) is 17.1. The minimum absolute atomic E-state index is 0.0432. The van der Waals surface area contributed by atoms with Crippen molar-refractivity contribution in [3.05, 3.63) is 58.9 Å². The fraction of sp³-hybridized carbons (Fsp3) is 0.350. The van der Waals surface area contributed by atoms with Gasteiger partial charge in [-0.25, -0.2) is 4.98 Å². The number of piperazine rings is 1. The van der Waals surface area contributed by atoms with E-state index >= 15 is 0 Å². The Hall–Kier alpha value is -2.31. The molecule has 0 bridgehead atoms. The average molecular weight is 366 g/mol. The highest BCUT2D eigenvalue weighted by Crippen LogP contribution is 2.23. The highest BCUT2D eigenvalue weighted by Gasteiger charge is 2.25. The quantitative estimate of drug-likeness (QED) is 0.772. The molecule has 4 rings (SSSR count). The number of hydrogen-bond acceptors (Lipinski definition) is 5.